The first-order valence-electron chi connectivity index (χ1n) is 7.86. The highest BCUT2D eigenvalue weighted by molar-refractivity contribution is 6.32. The molecule has 0 unspecified atom stereocenters. The third-order valence-corrected chi connectivity index (χ3v) is 4.19. The minimum Gasteiger partial charge on any atom is -0.433 e. The summed E-state index contributed by atoms with van der Waals surface area (Å²) in [5.41, 5.74) is 0.409. The number of benzene rings is 2. The molecule has 2 rings (SSSR count). The summed E-state index contributed by atoms with van der Waals surface area (Å²) in [6.45, 7) is -1.50. The molecule has 0 saturated heterocycles. The molecule has 0 radical (unpaired) electrons. The normalized spacial score (nSPS) is 12.3. The first kappa shape index (κ1) is 21.0. The van der Waals surface area contributed by atoms with E-state index in [0.29, 0.717) is 0 Å². The number of likely N-dealkylation sites (N-methyl/N-ethyl adjacent to an activating group) is 1. The number of anilines is 1. The number of carbonyl (C=O) groups excluding carboxylic acids is 1. The summed E-state index contributed by atoms with van der Waals surface area (Å²) in [5.74, 6) is -1.80. The lowest BCUT2D eigenvalue weighted by Crippen LogP contribution is -2.32. The summed E-state index contributed by atoms with van der Waals surface area (Å²) in [5, 5.41) is 2.46. The molecule has 2 aromatic carbocycles. The number of halogens is 5. The summed E-state index contributed by atoms with van der Waals surface area (Å²) < 4.78 is 55.9. The van der Waals surface area contributed by atoms with Crippen LogP contribution in [0.2, 0.25) is 5.02 Å². The van der Waals surface area contributed by atoms with E-state index in [-0.39, 0.29) is 28.6 Å². The van der Waals surface area contributed by atoms with Gasteiger partial charge in [-0.05, 0) is 50.4 Å². The molecule has 1 amide bonds. The van der Waals surface area contributed by atoms with Gasteiger partial charge in [0.1, 0.15) is 17.4 Å². The molecule has 9 heteroatoms. The standard InChI is InChI=1S/C18H17ClF4N2O2/c1-10(13-7-11(20)3-5-15(13)21)25(2)9-17(26)24-12-4-6-16(14(19)8-12)27-18(22)23/h3-8,10,18H,9H2,1-2H3,(H,24,26)/t10-/m0/s1. The molecule has 0 spiro atoms. The van der Waals surface area contributed by atoms with E-state index in [1.54, 1.807) is 14.0 Å². The third kappa shape index (κ3) is 5.83. The maximum absolute atomic E-state index is 13.9. The van der Waals surface area contributed by atoms with E-state index in [2.05, 4.69) is 10.1 Å². The van der Waals surface area contributed by atoms with Crippen molar-refractivity contribution in [3.8, 4) is 5.75 Å². The third-order valence-electron chi connectivity index (χ3n) is 3.89. The SMILES string of the molecule is C[C@@H](c1cc(F)ccc1F)N(C)CC(=O)Nc1ccc(OC(F)F)c(Cl)c1. The predicted octanol–water partition coefficient (Wildman–Crippen LogP) is 4.85. The van der Waals surface area contributed by atoms with Gasteiger partial charge in [0.25, 0.3) is 0 Å². The Labute approximate surface area is 158 Å². The van der Waals surface area contributed by atoms with E-state index < -0.39 is 30.2 Å². The van der Waals surface area contributed by atoms with Gasteiger partial charge in [-0.1, -0.05) is 11.6 Å². The van der Waals surface area contributed by atoms with Crippen LogP contribution in [0.4, 0.5) is 23.2 Å². The zero-order chi connectivity index (χ0) is 20.1. The molecule has 27 heavy (non-hydrogen) atoms. The maximum atomic E-state index is 13.9. The second-order valence-corrected chi connectivity index (χ2v) is 6.24. The number of ether oxygens (including phenoxy) is 1. The quantitative estimate of drug-likeness (QED) is 0.671. The van der Waals surface area contributed by atoms with Crippen molar-refractivity contribution in [3.63, 3.8) is 0 Å². The van der Waals surface area contributed by atoms with E-state index in [9.17, 15) is 22.4 Å². The van der Waals surface area contributed by atoms with E-state index in [4.69, 9.17) is 11.6 Å². The van der Waals surface area contributed by atoms with Gasteiger partial charge in [0, 0.05) is 17.3 Å². The molecule has 2 aromatic rings. The Kier molecular flexibility index (Phi) is 7.04. The van der Waals surface area contributed by atoms with Gasteiger partial charge in [0.2, 0.25) is 5.91 Å². The molecule has 4 nitrogen and oxygen atoms in total. The van der Waals surface area contributed by atoms with E-state index >= 15 is 0 Å². The van der Waals surface area contributed by atoms with Gasteiger partial charge >= 0.3 is 6.61 Å². The smallest absolute Gasteiger partial charge is 0.387 e. The second-order valence-electron chi connectivity index (χ2n) is 5.83. The molecule has 0 aliphatic heterocycles. The molecule has 0 saturated carbocycles. The zero-order valence-electron chi connectivity index (χ0n) is 14.5. The predicted molar refractivity (Wildman–Crippen MR) is 94.1 cm³/mol. The Hall–Kier alpha value is -2.32. The number of nitrogens with one attached hydrogen (secondary N) is 1. The number of carbonyl (C=O) groups is 1. The van der Waals surface area contributed by atoms with Crippen molar-refractivity contribution in [1.29, 1.82) is 0 Å². The van der Waals surface area contributed by atoms with Crippen molar-refractivity contribution < 1.29 is 27.1 Å². The Morgan fingerprint density at radius 1 is 1.22 bits per heavy atom. The van der Waals surface area contributed by atoms with Crippen LogP contribution in [0.5, 0.6) is 5.75 Å². The van der Waals surface area contributed by atoms with Crippen molar-refractivity contribution in [2.75, 3.05) is 18.9 Å². The highest BCUT2D eigenvalue weighted by atomic mass is 35.5. The lowest BCUT2D eigenvalue weighted by Gasteiger charge is -2.25. The number of rotatable bonds is 7. The van der Waals surface area contributed by atoms with E-state index in [1.807, 2.05) is 0 Å². The molecular formula is C18H17ClF4N2O2. The topological polar surface area (TPSA) is 41.6 Å². The van der Waals surface area contributed by atoms with Crippen LogP contribution in [-0.2, 0) is 4.79 Å². The van der Waals surface area contributed by atoms with Gasteiger partial charge in [-0.2, -0.15) is 8.78 Å². The number of hydrogen-bond donors (Lipinski definition) is 1. The highest BCUT2D eigenvalue weighted by Gasteiger charge is 2.19. The summed E-state index contributed by atoms with van der Waals surface area (Å²) in [4.78, 5) is 13.7. The summed E-state index contributed by atoms with van der Waals surface area (Å²) in [6, 6.07) is 6.40. The number of hydrogen-bond acceptors (Lipinski definition) is 3. The van der Waals surface area contributed by atoms with E-state index in [1.165, 1.54) is 23.1 Å². The fourth-order valence-corrected chi connectivity index (χ4v) is 2.63. The number of alkyl halides is 2. The fourth-order valence-electron chi connectivity index (χ4n) is 2.41. The van der Waals surface area contributed by atoms with Crippen LogP contribution >= 0.6 is 11.6 Å². The van der Waals surface area contributed by atoms with Gasteiger partial charge in [-0.25, -0.2) is 8.78 Å². The highest BCUT2D eigenvalue weighted by Crippen LogP contribution is 2.29. The van der Waals surface area contributed by atoms with Crippen LogP contribution in [0.15, 0.2) is 36.4 Å². The summed E-state index contributed by atoms with van der Waals surface area (Å²) in [7, 11) is 1.58. The van der Waals surface area contributed by atoms with Crippen molar-refractivity contribution in [1.82, 2.24) is 4.90 Å². The number of nitrogens with zero attached hydrogens (tertiary/aromatic N) is 1. The minimum atomic E-state index is -3.01. The molecule has 146 valence electrons. The molecule has 0 aromatic heterocycles. The van der Waals surface area contributed by atoms with Crippen molar-refractivity contribution in [3.05, 3.63) is 58.6 Å². The fraction of sp³-hybridized carbons (Fsp3) is 0.278. The molecule has 0 aliphatic carbocycles. The van der Waals surface area contributed by atoms with Crippen molar-refractivity contribution in [2.24, 2.45) is 0 Å². The van der Waals surface area contributed by atoms with Gasteiger partial charge in [-0.3, -0.25) is 9.69 Å². The number of amides is 1. The molecule has 1 atom stereocenters. The van der Waals surface area contributed by atoms with Crippen LogP contribution in [0.25, 0.3) is 0 Å². The first-order chi connectivity index (χ1) is 12.7. The molecule has 0 fully saturated rings. The Morgan fingerprint density at radius 2 is 1.93 bits per heavy atom. The minimum absolute atomic E-state index is 0.0864. The first-order valence-corrected chi connectivity index (χ1v) is 8.24. The van der Waals surface area contributed by atoms with Crippen molar-refractivity contribution >= 4 is 23.2 Å². The molecule has 0 aliphatic rings. The molecular weight excluding hydrogens is 388 g/mol. The molecule has 1 N–H and O–H groups in total. The lowest BCUT2D eigenvalue weighted by molar-refractivity contribution is -0.117. The summed E-state index contributed by atoms with van der Waals surface area (Å²) in [6.07, 6.45) is 0. The Balaban J connectivity index is 2.00. The maximum Gasteiger partial charge on any atom is 0.387 e. The van der Waals surface area contributed by atoms with E-state index in [0.717, 1.165) is 18.2 Å². The monoisotopic (exact) mass is 404 g/mol. The van der Waals surface area contributed by atoms with Crippen LogP contribution in [0.3, 0.4) is 0 Å². The zero-order valence-corrected chi connectivity index (χ0v) is 15.2. The summed E-state index contributed by atoms with van der Waals surface area (Å²) >= 11 is 5.83. The average Bonchev–Trinajstić information content (AvgIpc) is 2.58. The Bertz CT molecular complexity index is 820. The van der Waals surface area contributed by atoms with Gasteiger partial charge < -0.3 is 10.1 Å². The van der Waals surface area contributed by atoms with Gasteiger partial charge in [0.15, 0.2) is 0 Å². The Morgan fingerprint density at radius 3 is 2.56 bits per heavy atom. The van der Waals surface area contributed by atoms with Crippen LogP contribution < -0.4 is 10.1 Å². The molecule has 0 bridgehead atoms. The lowest BCUT2D eigenvalue weighted by atomic mass is 10.1. The van der Waals surface area contributed by atoms with Gasteiger partial charge in [-0.15, -0.1) is 0 Å². The van der Waals surface area contributed by atoms with Crippen LogP contribution in [0, 0.1) is 11.6 Å². The molecule has 0 heterocycles. The average molecular weight is 405 g/mol. The van der Waals surface area contributed by atoms with Crippen LogP contribution in [-0.4, -0.2) is 31.0 Å². The van der Waals surface area contributed by atoms with Crippen molar-refractivity contribution in [2.45, 2.75) is 19.6 Å². The van der Waals surface area contributed by atoms with Gasteiger partial charge in [0.05, 0.1) is 11.6 Å². The second kappa shape index (κ2) is 9.05. The van der Waals surface area contributed by atoms with Crippen LogP contribution in [0.1, 0.15) is 18.5 Å². The largest absolute Gasteiger partial charge is 0.433 e.